The van der Waals surface area contributed by atoms with E-state index in [1.807, 2.05) is 18.2 Å². The lowest BCUT2D eigenvalue weighted by atomic mass is 9.94. The average Bonchev–Trinajstić information content (AvgIpc) is 3.25. The number of carbonyl (C=O) groups excluding carboxylic acids is 1. The Morgan fingerprint density at radius 3 is 2.81 bits per heavy atom. The Morgan fingerprint density at radius 2 is 1.92 bits per heavy atom. The number of fused-ring (bicyclic) bond motifs is 2. The number of aromatic nitrogens is 3. The lowest BCUT2D eigenvalue weighted by molar-refractivity contribution is -0.105. The molecule has 1 spiro atoms. The minimum atomic E-state index is -0.511. The van der Waals surface area contributed by atoms with Crippen LogP contribution in [0.25, 0.3) is 5.65 Å². The van der Waals surface area contributed by atoms with E-state index in [1.54, 1.807) is 29.1 Å². The Kier molecular flexibility index (Phi) is 3.34. The molecule has 132 valence electrons. The van der Waals surface area contributed by atoms with Gasteiger partial charge in [0.05, 0.1) is 5.56 Å². The van der Waals surface area contributed by atoms with Crippen molar-refractivity contribution in [2.24, 2.45) is 0 Å². The van der Waals surface area contributed by atoms with Crippen molar-refractivity contribution in [1.82, 2.24) is 14.6 Å². The standard InChI is InChI=1S/C19H18N4O3/c24-18(13-4-7-17-22-20-12-23(17)11-13)21-14-5-6-15-16(10-14)26-19(25-15)8-2-1-3-9-19/h4-7,10-12H,1-3,8-9H2,(H,21,24). The van der Waals surface area contributed by atoms with Crippen LogP contribution in [0, 0.1) is 0 Å². The van der Waals surface area contributed by atoms with E-state index in [1.165, 1.54) is 6.42 Å². The fourth-order valence-electron chi connectivity index (χ4n) is 3.63. The molecule has 0 atom stereocenters. The first-order valence-electron chi connectivity index (χ1n) is 8.84. The van der Waals surface area contributed by atoms with E-state index in [4.69, 9.17) is 9.47 Å². The molecule has 2 aliphatic rings. The van der Waals surface area contributed by atoms with Crippen molar-refractivity contribution in [2.45, 2.75) is 37.9 Å². The molecular formula is C19H18N4O3. The van der Waals surface area contributed by atoms with Gasteiger partial charge in [0.15, 0.2) is 17.1 Å². The first kappa shape index (κ1) is 15.2. The summed E-state index contributed by atoms with van der Waals surface area (Å²) >= 11 is 0. The molecule has 0 radical (unpaired) electrons. The zero-order chi connectivity index (χ0) is 17.6. The van der Waals surface area contributed by atoms with Crippen LogP contribution in [0.2, 0.25) is 0 Å². The molecule has 5 rings (SSSR count). The van der Waals surface area contributed by atoms with Crippen LogP contribution in [0.4, 0.5) is 5.69 Å². The first-order chi connectivity index (χ1) is 12.7. The van der Waals surface area contributed by atoms with Crippen LogP contribution in [0.5, 0.6) is 11.5 Å². The summed E-state index contributed by atoms with van der Waals surface area (Å²) in [6.45, 7) is 0. The fourth-order valence-corrected chi connectivity index (χ4v) is 3.63. The summed E-state index contributed by atoms with van der Waals surface area (Å²) < 4.78 is 13.9. The van der Waals surface area contributed by atoms with E-state index in [2.05, 4.69) is 15.5 Å². The maximum absolute atomic E-state index is 12.5. The van der Waals surface area contributed by atoms with Gasteiger partial charge in [-0.2, -0.15) is 0 Å². The number of hydrogen-bond acceptors (Lipinski definition) is 5. The summed E-state index contributed by atoms with van der Waals surface area (Å²) in [4.78, 5) is 12.5. The molecule has 1 N–H and O–H groups in total. The Bertz CT molecular complexity index is 991. The summed E-state index contributed by atoms with van der Waals surface area (Å²) in [7, 11) is 0. The number of rotatable bonds is 2. The molecule has 1 fully saturated rings. The SMILES string of the molecule is O=C(Nc1ccc2c(c1)OC1(CCCCC1)O2)c1ccc2nncn2c1. The minimum absolute atomic E-state index is 0.202. The molecule has 1 aliphatic heterocycles. The quantitative estimate of drug-likeness (QED) is 0.766. The van der Waals surface area contributed by atoms with Crippen molar-refractivity contribution in [1.29, 1.82) is 0 Å². The lowest BCUT2D eigenvalue weighted by Gasteiger charge is -2.31. The normalized spacial score (nSPS) is 17.5. The number of hydrogen-bond donors (Lipinski definition) is 1. The lowest BCUT2D eigenvalue weighted by Crippen LogP contribution is -2.40. The Morgan fingerprint density at radius 1 is 1.08 bits per heavy atom. The second kappa shape index (κ2) is 5.72. The van der Waals surface area contributed by atoms with Gasteiger partial charge in [-0.05, 0) is 37.1 Å². The zero-order valence-corrected chi connectivity index (χ0v) is 14.1. The van der Waals surface area contributed by atoms with E-state index in [0.717, 1.165) is 31.4 Å². The van der Waals surface area contributed by atoms with Gasteiger partial charge in [-0.15, -0.1) is 10.2 Å². The molecule has 7 heteroatoms. The number of benzene rings is 1. The third-order valence-electron chi connectivity index (χ3n) is 4.96. The molecule has 1 aromatic carbocycles. The molecule has 0 unspecified atom stereocenters. The number of nitrogens with one attached hydrogen (secondary N) is 1. The summed E-state index contributed by atoms with van der Waals surface area (Å²) in [5, 5.41) is 10.7. The largest absolute Gasteiger partial charge is 0.448 e. The Labute approximate surface area is 149 Å². The van der Waals surface area contributed by atoms with Crippen LogP contribution >= 0.6 is 0 Å². The van der Waals surface area contributed by atoms with E-state index in [0.29, 0.717) is 22.6 Å². The molecule has 1 saturated carbocycles. The highest BCUT2D eigenvalue weighted by atomic mass is 16.7. The Balaban J connectivity index is 1.35. The van der Waals surface area contributed by atoms with Gasteiger partial charge < -0.3 is 14.8 Å². The summed E-state index contributed by atoms with van der Waals surface area (Å²) in [6, 6.07) is 9.00. The predicted octanol–water partition coefficient (Wildman–Crippen LogP) is 3.41. The third-order valence-corrected chi connectivity index (χ3v) is 4.96. The highest BCUT2D eigenvalue weighted by Crippen LogP contribution is 2.46. The van der Waals surface area contributed by atoms with E-state index in [9.17, 15) is 4.79 Å². The molecule has 1 amide bonds. The molecule has 0 bridgehead atoms. The van der Waals surface area contributed by atoms with Crippen molar-refractivity contribution in [3.8, 4) is 11.5 Å². The summed E-state index contributed by atoms with van der Waals surface area (Å²) in [5.41, 5.74) is 1.90. The van der Waals surface area contributed by atoms with E-state index < -0.39 is 5.79 Å². The van der Waals surface area contributed by atoms with Crippen molar-refractivity contribution >= 4 is 17.2 Å². The first-order valence-corrected chi connectivity index (χ1v) is 8.84. The number of amides is 1. The van der Waals surface area contributed by atoms with Crippen LogP contribution in [0.3, 0.4) is 0 Å². The van der Waals surface area contributed by atoms with Crippen molar-refractivity contribution in [3.05, 3.63) is 48.4 Å². The molecule has 3 aromatic rings. The highest BCUT2D eigenvalue weighted by molar-refractivity contribution is 6.04. The molecular weight excluding hydrogens is 332 g/mol. The zero-order valence-electron chi connectivity index (χ0n) is 14.1. The van der Waals surface area contributed by atoms with Gasteiger partial charge in [0.2, 0.25) is 0 Å². The van der Waals surface area contributed by atoms with Gasteiger partial charge >= 0.3 is 0 Å². The predicted molar refractivity (Wildman–Crippen MR) is 94.5 cm³/mol. The van der Waals surface area contributed by atoms with Crippen molar-refractivity contribution in [3.63, 3.8) is 0 Å². The second-order valence-electron chi connectivity index (χ2n) is 6.81. The third kappa shape index (κ3) is 2.56. The molecule has 26 heavy (non-hydrogen) atoms. The minimum Gasteiger partial charge on any atom is -0.448 e. The van der Waals surface area contributed by atoms with Gasteiger partial charge in [-0.25, -0.2) is 0 Å². The number of pyridine rings is 1. The molecule has 2 aromatic heterocycles. The maximum Gasteiger partial charge on any atom is 0.257 e. The van der Waals surface area contributed by atoms with Crippen molar-refractivity contribution in [2.75, 3.05) is 5.32 Å². The van der Waals surface area contributed by atoms with Gasteiger partial charge in [0.25, 0.3) is 11.7 Å². The van der Waals surface area contributed by atoms with Gasteiger partial charge in [0, 0.05) is 30.8 Å². The van der Waals surface area contributed by atoms with Crippen LogP contribution < -0.4 is 14.8 Å². The van der Waals surface area contributed by atoms with Gasteiger partial charge in [0.1, 0.15) is 6.33 Å². The maximum atomic E-state index is 12.5. The molecule has 1 aliphatic carbocycles. The monoisotopic (exact) mass is 350 g/mol. The number of ether oxygens (including phenoxy) is 2. The van der Waals surface area contributed by atoms with Crippen LogP contribution in [-0.4, -0.2) is 26.3 Å². The van der Waals surface area contributed by atoms with Crippen LogP contribution in [0.1, 0.15) is 42.5 Å². The van der Waals surface area contributed by atoms with E-state index in [-0.39, 0.29) is 5.91 Å². The van der Waals surface area contributed by atoms with Gasteiger partial charge in [-0.3, -0.25) is 9.20 Å². The highest BCUT2D eigenvalue weighted by Gasteiger charge is 2.42. The summed E-state index contributed by atoms with van der Waals surface area (Å²) in [5.74, 6) is 0.726. The number of nitrogens with zero attached hydrogens (tertiary/aromatic N) is 3. The van der Waals surface area contributed by atoms with E-state index >= 15 is 0 Å². The number of anilines is 1. The van der Waals surface area contributed by atoms with Crippen LogP contribution in [-0.2, 0) is 0 Å². The molecule has 0 saturated heterocycles. The van der Waals surface area contributed by atoms with Gasteiger partial charge in [-0.1, -0.05) is 6.42 Å². The second-order valence-corrected chi connectivity index (χ2v) is 6.81. The topological polar surface area (TPSA) is 77.8 Å². The Hall–Kier alpha value is -3.09. The smallest absolute Gasteiger partial charge is 0.257 e. The fraction of sp³-hybridized carbons (Fsp3) is 0.316. The molecule has 3 heterocycles. The average molecular weight is 350 g/mol. The van der Waals surface area contributed by atoms with Crippen molar-refractivity contribution < 1.29 is 14.3 Å². The number of carbonyl (C=O) groups is 1. The summed E-state index contributed by atoms with van der Waals surface area (Å²) in [6.07, 6.45) is 8.53. The van der Waals surface area contributed by atoms with Crippen LogP contribution in [0.15, 0.2) is 42.9 Å². The molecule has 7 nitrogen and oxygen atoms in total.